The zero-order valence-electron chi connectivity index (χ0n) is 16.8. The fourth-order valence-electron chi connectivity index (χ4n) is 3.16. The Kier molecular flexibility index (Phi) is 7.94. The van der Waals surface area contributed by atoms with Crippen LogP contribution in [-0.2, 0) is 14.3 Å². The topological polar surface area (TPSA) is 94.6 Å². The van der Waals surface area contributed by atoms with E-state index in [0.717, 1.165) is 24.2 Å². The summed E-state index contributed by atoms with van der Waals surface area (Å²) in [6.45, 7) is 6.45. The lowest BCUT2D eigenvalue weighted by Crippen LogP contribution is -2.25. The quantitative estimate of drug-likeness (QED) is 0.504. The van der Waals surface area contributed by atoms with E-state index in [1.165, 1.54) is 12.8 Å². The van der Waals surface area contributed by atoms with Crippen LogP contribution in [0.3, 0.4) is 0 Å². The van der Waals surface area contributed by atoms with E-state index in [4.69, 9.17) is 19.9 Å². The van der Waals surface area contributed by atoms with Crippen molar-refractivity contribution in [2.24, 2.45) is 5.73 Å². The third kappa shape index (κ3) is 5.07. The average molecular weight is 384 g/mol. The first-order valence-corrected chi connectivity index (χ1v) is 9.71. The standard InChI is InChI=1S/C22H28N2O4/c1-4-6-7-8-13-27-17-11-9-16(10-12-17)20-18(14-23)21(24)28-15(3)19(20)22(25)26-5-2/h9-12,20H,4-8,13,24H2,1-3H3. The number of carbonyl (C=O) groups is 1. The molecular formula is C22H28N2O4. The van der Waals surface area contributed by atoms with E-state index in [9.17, 15) is 10.1 Å². The number of unbranched alkanes of at least 4 members (excludes halogenated alkanes) is 3. The lowest BCUT2D eigenvalue weighted by atomic mass is 9.83. The van der Waals surface area contributed by atoms with Gasteiger partial charge in [-0.3, -0.25) is 0 Å². The maximum atomic E-state index is 12.5. The van der Waals surface area contributed by atoms with Crippen LogP contribution in [0.25, 0.3) is 0 Å². The predicted molar refractivity (Wildman–Crippen MR) is 106 cm³/mol. The van der Waals surface area contributed by atoms with E-state index >= 15 is 0 Å². The van der Waals surface area contributed by atoms with Gasteiger partial charge in [-0.25, -0.2) is 4.79 Å². The first-order chi connectivity index (χ1) is 13.5. The molecule has 0 saturated carbocycles. The van der Waals surface area contributed by atoms with Crippen molar-refractivity contribution in [3.63, 3.8) is 0 Å². The van der Waals surface area contributed by atoms with E-state index < -0.39 is 11.9 Å². The van der Waals surface area contributed by atoms with Crippen molar-refractivity contribution in [3.05, 3.63) is 52.6 Å². The van der Waals surface area contributed by atoms with Crippen molar-refractivity contribution in [3.8, 4) is 11.8 Å². The fraction of sp³-hybridized carbons (Fsp3) is 0.455. The monoisotopic (exact) mass is 384 g/mol. The number of carbonyl (C=O) groups excluding carboxylic acids is 1. The molecule has 2 rings (SSSR count). The Morgan fingerprint density at radius 3 is 2.54 bits per heavy atom. The number of hydrogen-bond donors (Lipinski definition) is 1. The third-order valence-corrected chi connectivity index (χ3v) is 4.58. The molecule has 0 aromatic heterocycles. The van der Waals surface area contributed by atoms with E-state index in [0.29, 0.717) is 17.9 Å². The number of ether oxygens (including phenoxy) is 3. The highest BCUT2D eigenvalue weighted by Gasteiger charge is 2.36. The number of esters is 1. The van der Waals surface area contributed by atoms with Crippen LogP contribution < -0.4 is 10.5 Å². The summed E-state index contributed by atoms with van der Waals surface area (Å²) in [4.78, 5) is 12.5. The van der Waals surface area contributed by atoms with Crippen molar-refractivity contribution >= 4 is 5.97 Å². The Hall–Kier alpha value is -2.94. The van der Waals surface area contributed by atoms with Crippen LogP contribution in [0.4, 0.5) is 0 Å². The molecule has 0 fully saturated rings. The summed E-state index contributed by atoms with van der Waals surface area (Å²) in [6.07, 6.45) is 4.56. The minimum atomic E-state index is -0.628. The van der Waals surface area contributed by atoms with Gasteiger partial charge in [-0.2, -0.15) is 5.26 Å². The van der Waals surface area contributed by atoms with Gasteiger partial charge in [0.05, 0.1) is 24.7 Å². The number of allylic oxidation sites excluding steroid dienone is 2. The number of hydrogen-bond acceptors (Lipinski definition) is 6. The molecule has 6 heteroatoms. The molecule has 1 aliphatic heterocycles. The molecule has 28 heavy (non-hydrogen) atoms. The van der Waals surface area contributed by atoms with Gasteiger partial charge in [0.25, 0.3) is 0 Å². The molecule has 150 valence electrons. The van der Waals surface area contributed by atoms with Gasteiger partial charge in [0.2, 0.25) is 5.88 Å². The first-order valence-electron chi connectivity index (χ1n) is 9.71. The molecule has 0 aliphatic carbocycles. The summed E-state index contributed by atoms with van der Waals surface area (Å²) in [5, 5.41) is 9.58. The second-order valence-electron chi connectivity index (χ2n) is 6.59. The zero-order chi connectivity index (χ0) is 20.5. The van der Waals surface area contributed by atoms with Crippen molar-refractivity contribution < 1.29 is 19.0 Å². The molecule has 1 unspecified atom stereocenters. The van der Waals surface area contributed by atoms with Crippen LogP contribution in [0.1, 0.15) is 57.9 Å². The fourth-order valence-corrected chi connectivity index (χ4v) is 3.16. The molecule has 0 spiro atoms. The van der Waals surface area contributed by atoms with Crippen molar-refractivity contribution in [1.29, 1.82) is 5.26 Å². The van der Waals surface area contributed by atoms with Gasteiger partial charge in [-0.1, -0.05) is 38.3 Å². The minimum Gasteiger partial charge on any atom is -0.494 e. The molecule has 1 aromatic rings. The second kappa shape index (κ2) is 10.4. The molecule has 2 N–H and O–H groups in total. The predicted octanol–water partition coefficient (Wildman–Crippen LogP) is 4.29. The highest BCUT2D eigenvalue weighted by Crippen LogP contribution is 2.39. The molecule has 0 saturated heterocycles. The summed E-state index contributed by atoms with van der Waals surface area (Å²) in [5.41, 5.74) is 7.15. The van der Waals surface area contributed by atoms with E-state index in [2.05, 4.69) is 13.0 Å². The maximum Gasteiger partial charge on any atom is 0.338 e. The van der Waals surface area contributed by atoms with Gasteiger partial charge >= 0.3 is 5.97 Å². The molecule has 1 heterocycles. The highest BCUT2D eigenvalue weighted by molar-refractivity contribution is 5.92. The Morgan fingerprint density at radius 1 is 1.21 bits per heavy atom. The number of nitrogens with zero attached hydrogens (tertiary/aromatic N) is 1. The lowest BCUT2D eigenvalue weighted by molar-refractivity contribution is -0.139. The molecular weight excluding hydrogens is 356 g/mol. The molecule has 1 atom stereocenters. The SMILES string of the molecule is CCCCCCOc1ccc(C2C(C#N)=C(N)OC(C)=C2C(=O)OCC)cc1. The van der Waals surface area contributed by atoms with Gasteiger partial charge in [0, 0.05) is 0 Å². The number of benzene rings is 1. The summed E-state index contributed by atoms with van der Waals surface area (Å²) >= 11 is 0. The van der Waals surface area contributed by atoms with Crippen LogP contribution in [-0.4, -0.2) is 19.2 Å². The van der Waals surface area contributed by atoms with Gasteiger partial charge in [0.1, 0.15) is 23.2 Å². The van der Waals surface area contributed by atoms with Crippen molar-refractivity contribution in [2.45, 2.75) is 52.4 Å². The molecule has 1 aliphatic rings. The van der Waals surface area contributed by atoms with Crippen molar-refractivity contribution in [1.82, 2.24) is 0 Å². The molecule has 1 aromatic carbocycles. The Bertz CT molecular complexity index is 788. The van der Waals surface area contributed by atoms with Gasteiger partial charge in [-0.05, 0) is 38.0 Å². The highest BCUT2D eigenvalue weighted by atomic mass is 16.5. The molecule has 6 nitrogen and oxygen atoms in total. The minimum absolute atomic E-state index is 0.00861. The summed E-state index contributed by atoms with van der Waals surface area (Å²) in [7, 11) is 0. The number of nitriles is 1. The van der Waals surface area contributed by atoms with E-state index in [-0.39, 0.29) is 18.1 Å². The second-order valence-corrected chi connectivity index (χ2v) is 6.59. The first kappa shape index (κ1) is 21.4. The van der Waals surface area contributed by atoms with Crippen LogP contribution >= 0.6 is 0 Å². The Balaban J connectivity index is 2.24. The largest absolute Gasteiger partial charge is 0.494 e. The summed E-state index contributed by atoms with van der Waals surface area (Å²) < 4.78 is 16.4. The molecule has 0 bridgehead atoms. The lowest BCUT2D eigenvalue weighted by Gasteiger charge is -2.26. The maximum absolute atomic E-state index is 12.5. The molecule has 0 radical (unpaired) electrons. The van der Waals surface area contributed by atoms with Crippen molar-refractivity contribution in [2.75, 3.05) is 13.2 Å². The van der Waals surface area contributed by atoms with E-state index in [1.807, 2.05) is 24.3 Å². The number of nitrogens with two attached hydrogens (primary N) is 1. The third-order valence-electron chi connectivity index (χ3n) is 4.58. The Labute approximate surface area is 166 Å². The average Bonchev–Trinajstić information content (AvgIpc) is 2.68. The summed E-state index contributed by atoms with van der Waals surface area (Å²) in [5.74, 6) is -0.0374. The van der Waals surface area contributed by atoms with Gasteiger partial charge in [0.15, 0.2) is 0 Å². The zero-order valence-corrected chi connectivity index (χ0v) is 16.8. The number of rotatable bonds is 9. The summed E-state index contributed by atoms with van der Waals surface area (Å²) in [6, 6.07) is 9.44. The normalized spacial score (nSPS) is 16.4. The molecule has 0 amide bonds. The van der Waals surface area contributed by atoms with Crippen LogP contribution in [0.5, 0.6) is 5.75 Å². The van der Waals surface area contributed by atoms with Crippen LogP contribution in [0, 0.1) is 11.3 Å². The van der Waals surface area contributed by atoms with Gasteiger partial charge in [-0.15, -0.1) is 0 Å². The van der Waals surface area contributed by atoms with E-state index in [1.54, 1.807) is 13.8 Å². The van der Waals surface area contributed by atoms with Crippen LogP contribution in [0.15, 0.2) is 47.1 Å². The van der Waals surface area contributed by atoms with Gasteiger partial charge < -0.3 is 19.9 Å². The smallest absolute Gasteiger partial charge is 0.338 e. The Morgan fingerprint density at radius 2 is 1.93 bits per heavy atom. The van der Waals surface area contributed by atoms with Crippen LogP contribution in [0.2, 0.25) is 0 Å².